The normalized spacial score (nSPS) is 25.1. The molecule has 0 bridgehead atoms. The number of hydrogen-bond acceptors (Lipinski definition) is 12. The third kappa shape index (κ3) is 11.3. The summed E-state index contributed by atoms with van der Waals surface area (Å²) < 4.78 is 0. The number of nitrogens with one attached hydrogen (secondary N) is 6. The van der Waals surface area contributed by atoms with E-state index in [1.807, 2.05) is 54.7 Å². The summed E-state index contributed by atoms with van der Waals surface area (Å²) in [6.45, 7) is 0.110. The summed E-state index contributed by atoms with van der Waals surface area (Å²) in [6.07, 6.45) is 4.03. The summed E-state index contributed by atoms with van der Waals surface area (Å²) in [5.74, 6) is -3.82. The number of hydrogen-bond donors (Lipinski definition) is 10. The molecular weight excluding hydrogens is 761 g/mol. The Labute approximate surface area is 320 Å². The molecule has 12 N–H and O–H groups in total. The van der Waals surface area contributed by atoms with Crippen molar-refractivity contribution in [3.05, 3.63) is 72.1 Å². The first-order chi connectivity index (χ1) is 25.5. The lowest BCUT2D eigenvalue weighted by Crippen LogP contribution is -2.56. The first-order valence-electron chi connectivity index (χ1n) is 16.7. The Morgan fingerprint density at radius 2 is 1.15 bits per heavy atom. The van der Waals surface area contributed by atoms with Crippen molar-refractivity contribution in [2.45, 2.75) is 49.1 Å². The monoisotopic (exact) mass is 802 g/mol. The second-order valence-electron chi connectivity index (χ2n) is 12.4. The molecule has 19 heteroatoms. The van der Waals surface area contributed by atoms with Crippen LogP contribution in [0.5, 0.6) is 0 Å². The topological polar surface area (TPSA) is 258 Å². The zero-order chi connectivity index (χ0) is 37.9. The smallest absolute Gasteiger partial charge is 0.327 e. The molecule has 15 nitrogen and oxygen atoms in total. The predicted octanol–water partition coefficient (Wildman–Crippen LogP) is 1.45. The highest BCUT2D eigenvalue weighted by atomic mass is 33.1. The fraction of sp³-hybridized carbons (Fsp3) is 0.382. The first kappa shape index (κ1) is 40.3. The van der Waals surface area contributed by atoms with Gasteiger partial charge in [-0.2, -0.15) is 0 Å². The molecule has 2 aromatic carbocycles. The summed E-state index contributed by atoms with van der Waals surface area (Å²) in [7, 11) is 4.75. The SMILES string of the molecule is N[C@H]1CSSC[C@H](N)C(=O)NC(Cc2cccc3[nH]ccc23)C(=O)NC(C(=O)O)CSSC[C@@H](C(=O)O)NCC(Cc2cccc3[nH]ccc23)NC1=O. The summed E-state index contributed by atoms with van der Waals surface area (Å²) in [6, 6.07) is 9.09. The Hall–Kier alpha value is -3.85. The number of carboxylic acids is 2. The number of H-pyrrole nitrogens is 2. The van der Waals surface area contributed by atoms with Gasteiger partial charge in [0.15, 0.2) is 0 Å². The molecule has 1 saturated heterocycles. The first-order valence-corrected chi connectivity index (χ1v) is 21.7. The molecule has 1 aliphatic heterocycles. The largest absolute Gasteiger partial charge is 0.480 e. The van der Waals surface area contributed by atoms with Crippen LogP contribution in [0.15, 0.2) is 60.9 Å². The van der Waals surface area contributed by atoms with E-state index in [1.165, 1.54) is 21.6 Å². The van der Waals surface area contributed by atoms with Gasteiger partial charge in [0, 0.05) is 76.2 Å². The standard InChI is InChI=1S/C34H42N8O7S4/c35-23-14-50-51-15-24(36)31(44)41-27(12-19-4-2-6-26-22(19)8-10-38-26)32(45)42-29(34(48)49)17-53-52-16-28(33(46)47)39-13-20(40-30(23)43)11-18-3-1-5-25-21(18)7-9-37-25/h1-10,20,23-24,27-29,37-39H,11-17,35-36H2,(H,40,43)(H,41,44)(H,42,45)(H,46,47)(H,48,49)/t20?,23-,24-,27?,28-,29?/m0/s1. The van der Waals surface area contributed by atoms with Crippen molar-refractivity contribution in [2.75, 3.05) is 29.6 Å². The Bertz CT molecular complexity index is 1910. The zero-order valence-electron chi connectivity index (χ0n) is 28.4. The molecule has 0 aliphatic carbocycles. The van der Waals surface area contributed by atoms with Crippen LogP contribution in [0.4, 0.5) is 0 Å². The van der Waals surface area contributed by atoms with E-state index < -0.39 is 65.9 Å². The van der Waals surface area contributed by atoms with Crippen molar-refractivity contribution < 1.29 is 34.2 Å². The molecule has 4 aromatic rings. The minimum atomic E-state index is -1.34. The van der Waals surface area contributed by atoms with E-state index in [-0.39, 0.29) is 36.0 Å². The van der Waals surface area contributed by atoms with E-state index in [0.29, 0.717) is 6.42 Å². The minimum Gasteiger partial charge on any atom is -0.480 e. The van der Waals surface area contributed by atoms with Crippen molar-refractivity contribution in [3.63, 3.8) is 0 Å². The summed E-state index contributed by atoms with van der Waals surface area (Å²) in [4.78, 5) is 71.0. The van der Waals surface area contributed by atoms with Crippen LogP contribution >= 0.6 is 43.2 Å². The molecule has 3 heterocycles. The van der Waals surface area contributed by atoms with Crippen LogP contribution in [0.3, 0.4) is 0 Å². The number of benzene rings is 2. The van der Waals surface area contributed by atoms with E-state index in [4.69, 9.17) is 11.5 Å². The zero-order valence-corrected chi connectivity index (χ0v) is 31.7. The highest BCUT2D eigenvalue weighted by Gasteiger charge is 2.30. The minimum absolute atomic E-state index is 0.0545. The van der Waals surface area contributed by atoms with Gasteiger partial charge in [0.05, 0.1) is 12.1 Å². The van der Waals surface area contributed by atoms with Crippen LogP contribution in [0, 0.1) is 0 Å². The molecule has 1 fully saturated rings. The Morgan fingerprint density at radius 3 is 1.72 bits per heavy atom. The van der Waals surface area contributed by atoms with Crippen molar-refractivity contribution in [1.29, 1.82) is 0 Å². The summed E-state index contributed by atoms with van der Waals surface area (Å²) in [5, 5.41) is 33.1. The van der Waals surface area contributed by atoms with Gasteiger partial charge in [-0.05, 0) is 41.8 Å². The number of fused-ring (bicyclic) bond motifs is 2. The van der Waals surface area contributed by atoms with E-state index in [9.17, 15) is 34.2 Å². The molecular formula is C34H42N8O7S4. The highest BCUT2D eigenvalue weighted by molar-refractivity contribution is 8.77. The maximum absolute atomic E-state index is 13.6. The van der Waals surface area contributed by atoms with Gasteiger partial charge in [0.1, 0.15) is 18.1 Å². The predicted molar refractivity (Wildman–Crippen MR) is 213 cm³/mol. The van der Waals surface area contributed by atoms with Gasteiger partial charge in [-0.25, -0.2) is 4.79 Å². The number of carbonyl (C=O) groups is 5. The average Bonchev–Trinajstić information content (AvgIpc) is 3.82. The molecule has 284 valence electrons. The summed E-state index contributed by atoms with van der Waals surface area (Å²) >= 11 is 0. The molecule has 53 heavy (non-hydrogen) atoms. The number of aliphatic carboxylic acids is 2. The van der Waals surface area contributed by atoms with E-state index in [2.05, 4.69) is 31.2 Å². The van der Waals surface area contributed by atoms with Crippen LogP contribution in [0.25, 0.3) is 21.8 Å². The van der Waals surface area contributed by atoms with Gasteiger partial charge in [-0.15, -0.1) is 0 Å². The van der Waals surface area contributed by atoms with Crippen LogP contribution < -0.4 is 32.7 Å². The number of nitrogens with two attached hydrogens (primary N) is 2. The molecule has 5 rings (SSSR count). The second-order valence-corrected chi connectivity index (χ2v) is 17.5. The Balaban J connectivity index is 1.32. The third-order valence-corrected chi connectivity index (χ3v) is 13.5. The average molecular weight is 803 g/mol. The van der Waals surface area contributed by atoms with Gasteiger partial charge < -0.3 is 52.9 Å². The lowest BCUT2D eigenvalue weighted by molar-refractivity contribution is -0.141. The molecule has 0 radical (unpaired) electrons. The second kappa shape index (κ2) is 19.5. The maximum Gasteiger partial charge on any atom is 0.327 e. The Kier molecular flexibility index (Phi) is 14.8. The molecule has 0 saturated carbocycles. The van der Waals surface area contributed by atoms with Crippen LogP contribution in [-0.4, -0.2) is 116 Å². The van der Waals surface area contributed by atoms with Gasteiger partial charge in [0.25, 0.3) is 0 Å². The van der Waals surface area contributed by atoms with Crippen molar-refractivity contribution in [3.8, 4) is 0 Å². The van der Waals surface area contributed by atoms with Crippen LogP contribution in [0.2, 0.25) is 0 Å². The highest BCUT2D eigenvalue weighted by Crippen LogP contribution is 2.25. The Morgan fingerprint density at radius 1 is 0.642 bits per heavy atom. The number of carbonyl (C=O) groups excluding carboxylic acids is 3. The fourth-order valence-electron chi connectivity index (χ4n) is 5.69. The number of carboxylic acid groups (broad SMARTS) is 2. The van der Waals surface area contributed by atoms with Crippen LogP contribution in [-0.2, 0) is 36.8 Å². The summed E-state index contributed by atoms with van der Waals surface area (Å²) in [5.41, 5.74) is 16.0. The van der Waals surface area contributed by atoms with Gasteiger partial charge in [-0.1, -0.05) is 67.4 Å². The molecule has 1 aliphatic rings. The maximum atomic E-state index is 13.6. The number of rotatable bonds is 6. The van der Waals surface area contributed by atoms with Gasteiger partial charge in [-0.3, -0.25) is 19.2 Å². The van der Waals surface area contributed by atoms with E-state index in [0.717, 1.165) is 54.5 Å². The lowest BCUT2D eigenvalue weighted by atomic mass is 10.0. The van der Waals surface area contributed by atoms with Crippen molar-refractivity contribution in [1.82, 2.24) is 31.2 Å². The van der Waals surface area contributed by atoms with Crippen molar-refractivity contribution >= 4 is 94.6 Å². The molecule has 3 unspecified atom stereocenters. The van der Waals surface area contributed by atoms with Crippen molar-refractivity contribution in [2.24, 2.45) is 11.5 Å². The van der Waals surface area contributed by atoms with Crippen LogP contribution in [0.1, 0.15) is 11.1 Å². The quantitative estimate of drug-likeness (QED) is 0.124. The third-order valence-electron chi connectivity index (χ3n) is 8.57. The molecule has 2 aromatic heterocycles. The van der Waals surface area contributed by atoms with E-state index >= 15 is 0 Å². The molecule has 3 amide bonds. The number of amides is 3. The lowest BCUT2D eigenvalue weighted by Gasteiger charge is -2.25. The molecule has 0 spiro atoms. The number of aromatic nitrogens is 2. The number of aromatic amines is 2. The van der Waals surface area contributed by atoms with E-state index in [1.54, 1.807) is 6.20 Å². The fourth-order valence-corrected chi connectivity index (χ4v) is 10.3. The van der Waals surface area contributed by atoms with Gasteiger partial charge >= 0.3 is 11.9 Å². The molecule has 6 atom stereocenters. The van der Waals surface area contributed by atoms with Gasteiger partial charge in [0.2, 0.25) is 17.7 Å².